The van der Waals surface area contributed by atoms with Gasteiger partial charge in [-0.3, -0.25) is 9.79 Å². The van der Waals surface area contributed by atoms with Crippen LogP contribution >= 0.6 is 23.4 Å². The minimum atomic E-state index is -0.0246. The van der Waals surface area contributed by atoms with Gasteiger partial charge in [-0.2, -0.15) is 0 Å². The van der Waals surface area contributed by atoms with Crippen molar-refractivity contribution in [1.29, 1.82) is 0 Å². The standard InChI is InChI=1S/C25H30ClN3O3S/c1-31-15-16-10-17-2-3-19(26)13-21(17)18(11-16)12-24(30)28-25-27-22-5-4-20(14-23(22)33-25)29-6-8-32-9-7-29/h2-5,11,13-14,16-17,21-23H,6-10,12,15H2,1H3,(H,27,28,30). The average Bonchev–Trinajstić information content (AvgIpc) is 3.21. The number of allylic oxidation sites excluding steroid dienone is 5. The number of aliphatic imine (C=N–C) groups is 1. The van der Waals surface area contributed by atoms with Crippen molar-refractivity contribution in [1.82, 2.24) is 10.2 Å². The van der Waals surface area contributed by atoms with Gasteiger partial charge in [-0.1, -0.05) is 53.2 Å². The van der Waals surface area contributed by atoms with E-state index in [4.69, 9.17) is 26.1 Å². The van der Waals surface area contributed by atoms with E-state index in [1.165, 1.54) is 5.70 Å². The Morgan fingerprint density at radius 3 is 2.94 bits per heavy atom. The van der Waals surface area contributed by atoms with Gasteiger partial charge in [0.25, 0.3) is 0 Å². The molecule has 5 rings (SSSR count). The molecule has 6 nitrogen and oxygen atoms in total. The molecule has 0 bridgehead atoms. The smallest absolute Gasteiger partial charge is 0.230 e. The van der Waals surface area contributed by atoms with Crippen molar-refractivity contribution in [3.63, 3.8) is 0 Å². The summed E-state index contributed by atoms with van der Waals surface area (Å²) in [6.07, 6.45) is 16.4. The first-order valence-corrected chi connectivity index (χ1v) is 12.9. The van der Waals surface area contributed by atoms with Crippen LogP contribution in [0.25, 0.3) is 0 Å². The van der Waals surface area contributed by atoms with Gasteiger partial charge in [0.2, 0.25) is 5.91 Å². The van der Waals surface area contributed by atoms with E-state index in [1.54, 1.807) is 18.9 Å². The number of rotatable bonds is 5. The lowest BCUT2D eigenvalue weighted by Gasteiger charge is -2.34. The van der Waals surface area contributed by atoms with Crippen molar-refractivity contribution >= 4 is 34.4 Å². The maximum absolute atomic E-state index is 13.0. The van der Waals surface area contributed by atoms with Crippen LogP contribution in [0.15, 0.2) is 63.8 Å². The highest BCUT2D eigenvalue weighted by Crippen LogP contribution is 2.41. The van der Waals surface area contributed by atoms with Crippen LogP contribution in [0.2, 0.25) is 0 Å². The molecular formula is C25H30ClN3O3S. The van der Waals surface area contributed by atoms with Gasteiger partial charge in [-0.15, -0.1) is 0 Å². The van der Waals surface area contributed by atoms with Gasteiger partial charge in [0.05, 0.1) is 31.1 Å². The molecule has 1 amide bonds. The fraction of sp³-hybridized carbons (Fsp3) is 0.520. The number of halogens is 1. The van der Waals surface area contributed by atoms with Crippen LogP contribution in [-0.4, -0.2) is 67.3 Å². The minimum Gasteiger partial charge on any atom is -0.384 e. The van der Waals surface area contributed by atoms with E-state index in [0.29, 0.717) is 30.0 Å². The van der Waals surface area contributed by atoms with Crippen LogP contribution in [-0.2, 0) is 14.3 Å². The first-order valence-electron chi connectivity index (χ1n) is 11.6. The fourth-order valence-electron chi connectivity index (χ4n) is 5.22. The van der Waals surface area contributed by atoms with Gasteiger partial charge in [0, 0.05) is 49.2 Å². The zero-order valence-electron chi connectivity index (χ0n) is 18.8. The van der Waals surface area contributed by atoms with Crippen molar-refractivity contribution in [2.75, 3.05) is 40.0 Å². The summed E-state index contributed by atoms with van der Waals surface area (Å²) in [6, 6.07) is 0.0738. The number of nitrogens with one attached hydrogen (secondary N) is 1. The third-order valence-electron chi connectivity index (χ3n) is 6.77. The molecule has 5 aliphatic rings. The van der Waals surface area contributed by atoms with Crippen molar-refractivity contribution < 1.29 is 14.3 Å². The number of ether oxygens (including phenoxy) is 2. The normalized spacial score (nSPS) is 32.9. The number of carbonyl (C=O) groups is 1. The molecule has 33 heavy (non-hydrogen) atoms. The summed E-state index contributed by atoms with van der Waals surface area (Å²) in [5.74, 6) is 0.812. The molecule has 176 valence electrons. The Kier molecular flexibility index (Phi) is 7.11. The van der Waals surface area contributed by atoms with Crippen molar-refractivity contribution in [2.24, 2.45) is 22.7 Å². The Balaban J connectivity index is 1.22. The van der Waals surface area contributed by atoms with Crippen LogP contribution < -0.4 is 5.32 Å². The molecule has 0 spiro atoms. The average molecular weight is 488 g/mol. The Morgan fingerprint density at radius 2 is 2.12 bits per heavy atom. The summed E-state index contributed by atoms with van der Waals surface area (Å²) in [6.45, 7) is 4.03. The number of methoxy groups -OCH3 is 1. The number of hydrogen-bond donors (Lipinski definition) is 1. The van der Waals surface area contributed by atoms with Gasteiger partial charge in [0.15, 0.2) is 5.17 Å². The van der Waals surface area contributed by atoms with Gasteiger partial charge in [0.1, 0.15) is 0 Å². The van der Waals surface area contributed by atoms with E-state index in [-0.39, 0.29) is 23.1 Å². The van der Waals surface area contributed by atoms with E-state index in [0.717, 1.165) is 43.3 Å². The van der Waals surface area contributed by atoms with Crippen LogP contribution in [0.5, 0.6) is 0 Å². The molecule has 0 saturated carbocycles. The van der Waals surface area contributed by atoms with Gasteiger partial charge >= 0.3 is 0 Å². The molecule has 5 atom stereocenters. The second-order valence-electron chi connectivity index (χ2n) is 9.08. The second kappa shape index (κ2) is 10.2. The highest BCUT2D eigenvalue weighted by molar-refractivity contribution is 8.14. The lowest BCUT2D eigenvalue weighted by Crippen LogP contribution is -2.36. The molecule has 0 aromatic rings. The molecule has 0 aromatic carbocycles. The predicted molar refractivity (Wildman–Crippen MR) is 133 cm³/mol. The third kappa shape index (κ3) is 5.32. The monoisotopic (exact) mass is 487 g/mol. The Morgan fingerprint density at radius 1 is 1.27 bits per heavy atom. The number of amides is 1. The van der Waals surface area contributed by atoms with Gasteiger partial charge < -0.3 is 19.7 Å². The molecule has 3 aliphatic carbocycles. The zero-order chi connectivity index (χ0) is 22.8. The summed E-state index contributed by atoms with van der Waals surface area (Å²) in [4.78, 5) is 20.1. The van der Waals surface area contributed by atoms with Crippen LogP contribution in [0.4, 0.5) is 0 Å². The number of morpholine rings is 1. The minimum absolute atomic E-state index is 0.0246. The first kappa shape index (κ1) is 23.0. The number of nitrogens with zero attached hydrogens (tertiary/aromatic N) is 2. The van der Waals surface area contributed by atoms with Crippen molar-refractivity contribution in [3.05, 3.63) is 58.8 Å². The maximum atomic E-state index is 13.0. The third-order valence-corrected chi connectivity index (χ3v) is 8.14. The molecule has 8 heteroatoms. The predicted octanol–water partition coefficient (Wildman–Crippen LogP) is 3.64. The fourth-order valence-corrected chi connectivity index (χ4v) is 6.54. The molecule has 5 unspecified atom stereocenters. The molecule has 1 N–H and O–H groups in total. The van der Waals surface area contributed by atoms with E-state index in [9.17, 15) is 4.79 Å². The quantitative estimate of drug-likeness (QED) is 0.600. The molecule has 1 saturated heterocycles. The Labute approximate surface area is 204 Å². The molecule has 2 heterocycles. The summed E-state index contributed by atoms with van der Waals surface area (Å²) >= 11 is 7.92. The van der Waals surface area contributed by atoms with E-state index in [2.05, 4.69) is 46.7 Å². The van der Waals surface area contributed by atoms with E-state index in [1.807, 2.05) is 6.08 Å². The van der Waals surface area contributed by atoms with Gasteiger partial charge in [-0.05, 0) is 30.6 Å². The summed E-state index contributed by atoms with van der Waals surface area (Å²) in [7, 11) is 1.72. The van der Waals surface area contributed by atoms with Crippen LogP contribution in [0.3, 0.4) is 0 Å². The summed E-state index contributed by atoms with van der Waals surface area (Å²) in [5.41, 5.74) is 2.34. The summed E-state index contributed by atoms with van der Waals surface area (Å²) in [5, 5.41) is 4.73. The van der Waals surface area contributed by atoms with E-state index >= 15 is 0 Å². The number of carbonyl (C=O) groups excluding carboxylic acids is 1. The molecule has 1 fully saturated rings. The number of hydrogen-bond acceptors (Lipinski definition) is 6. The first-order chi connectivity index (χ1) is 16.1. The van der Waals surface area contributed by atoms with Crippen LogP contribution in [0.1, 0.15) is 12.8 Å². The zero-order valence-corrected chi connectivity index (χ0v) is 20.4. The molecule has 0 aromatic heterocycles. The Hall–Kier alpha value is -1.80. The SMILES string of the molecule is COCC1C=C(CC(=O)NC2=NC3C=CC(N4CCOCC4)=CC3S2)C2C=C(Cl)C=CC2C1. The number of amidine groups is 1. The lowest BCUT2D eigenvalue weighted by atomic mass is 9.71. The lowest BCUT2D eigenvalue weighted by molar-refractivity contribution is -0.119. The molecule has 2 aliphatic heterocycles. The molecular weight excluding hydrogens is 458 g/mol. The maximum Gasteiger partial charge on any atom is 0.230 e. The van der Waals surface area contributed by atoms with E-state index < -0.39 is 0 Å². The van der Waals surface area contributed by atoms with Crippen molar-refractivity contribution in [2.45, 2.75) is 24.1 Å². The molecule has 0 radical (unpaired) electrons. The van der Waals surface area contributed by atoms with Crippen LogP contribution in [0, 0.1) is 17.8 Å². The Bertz CT molecular complexity index is 964. The largest absolute Gasteiger partial charge is 0.384 e. The van der Waals surface area contributed by atoms with Crippen molar-refractivity contribution in [3.8, 4) is 0 Å². The summed E-state index contributed by atoms with van der Waals surface area (Å²) < 4.78 is 10.9. The number of thioether (sulfide) groups is 1. The van der Waals surface area contributed by atoms with Gasteiger partial charge in [-0.25, -0.2) is 0 Å². The topological polar surface area (TPSA) is 63.2 Å². The highest BCUT2D eigenvalue weighted by atomic mass is 35.5. The highest BCUT2D eigenvalue weighted by Gasteiger charge is 2.34. The second-order valence-corrected chi connectivity index (χ2v) is 10.7. The number of fused-ring (bicyclic) bond motifs is 2.